The molecule has 0 spiro atoms. The van der Waals surface area contributed by atoms with Crippen LogP contribution in [0.2, 0.25) is 0 Å². The van der Waals surface area contributed by atoms with Gasteiger partial charge >= 0.3 is 0 Å². The molecule has 2 N–H and O–H groups in total. The standard InChI is InChI=1S/C14H29N3O/c1-11(2)17(4)10-6-5-8-16-14(18)13-12(3)7-9-15-13/h11-13,15H,5-10H2,1-4H3,(H,16,18). The fourth-order valence-corrected chi connectivity index (χ4v) is 2.25. The summed E-state index contributed by atoms with van der Waals surface area (Å²) in [5.74, 6) is 0.647. The van der Waals surface area contributed by atoms with Crippen LogP contribution in [0.5, 0.6) is 0 Å². The molecule has 1 fully saturated rings. The molecule has 2 atom stereocenters. The first kappa shape index (κ1) is 15.4. The van der Waals surface area contributed by atoms with E-state index in [-0.39, 0.29) is 11.9 Å². The fraction of sp³-hybridized carbons (Fsp3) is 0.929. The van der Waals surface area contributed by atoms with E-state index in [1.165, 1.54) is 0 Å². The van der Waals surface area contributed by atoms with Crippen molar-refractivity contribution in [2.45, 2.75) is 52.1 Å². The van der Waals surface area contributed by atoms with Crippen molar-refractivity contribution in [2.24, 2.45) is 5.92 Å². The number of amides is 1. The van der Waals surface area contributed by atoms with E-state index in [0.717, 1.165) is 38.9 Å². The first-order valence-electron chi connectivity index (χ1n) is 7.23. The lowest BCUT2D eigenvalue weighted by molar-refractivity contribution is -0.123. The lowest BCUT2D eigenvalue weighted by atomic mass is 10.0. The number of hydrogen-bond acceptors (Lipinski definition) is 3. The highest BCUT2D eigenvalue weighted by Gasteiger charge is 2.28. The summed E-state index contributed by atoms with van der Waals surface area (Å²) in [4.78, 5) is 14.2. The smallest absolute Gasteiger partial charge is 0.237 e. The Bertz CT molecular complexity index is 255. The van der Waals surface area contributed by atoms with Gasteiger partial charge in [0, 0.05) is 12.6 Å². The van der Waals surface area contributed by atoms with Crippen LogP contribution in [-0.2, 0) is 4.79 Å². The maximum Gasteiger partial charge on any atom is 0.237 e. The molecule has 0 bridgehead atoms. The Balaban J connectivity index is 2.05. The molecule has 0 radical (unpaired) electrons. The molecule has 1 heterocycles. The molecule has 4 nitrogen and oxygen atoms in total. The summed E-state index contributed by atoms with van der Waals surface area (Å²) in [6.07, 6.45) is 3.31. The normalized spacial score (nSPS) is 23.9. The summed E-state index contributed by atoms with van der Waals surface area (Å²) in [7, 11) is 2.15. The lowest BCUT2D eigenvalue weighted by Crippen LogP contribution is -2.43. The number of carbonyl (C=O) groups excluding carboxylic acids is 1. The van der Waals surface area contributed by atoms with Crippen LogP contribution in [0, 0.1) is 5.92 Å². The van der Waals surface area contributed by atoms with Crippen LogP contribution in [0.25, 0.3) is 0 Å². The molecule has 2 unspecified atom stereocenters. The minimum absolute atomic E-state index is 0.0309. The molecule has 106 valence electrons. The van der Waals surface area contributed by atoms with Gasteiger partial charge in [-0.2, -0.15) is 0 Å². The zero-order chi connectivity index (χ0) is 13.5. The molecule has 18 heavy (non-hydrogen) atoms. The van der Waals surface area contributed by atoms with E-state index in [2.05, 4.69) is 43.4 Å². The highest BCUT2D eigenvalue weighted by Crippen LogP contribution is 2.14. The van der Waals surface area contributed by atoms with Crippen molar-refractivity contribution in [1.29, 1.82) is 0 Å². The van der Waals surface area contributed by atoms with E-state index in [0.29, 0.717) is 12.0 Å². The number of hydrogen-bond donors (Lipinski definition) is 2. The molecule has 1 aliphatic rings. The summed E-state index contributed by atoms with van der Waals surface area (Å²) in [5.41, 5.74) is 0. The van der Waals surface area contributed by atoms with Gasteiger partial charge in [-0.15, -0.1) is 0 Å². The number of rotatable bonds is 7. The number of carbonyl (C=O) groups is 1. The van der Waals surface area contributed by atoms with Gasteiger partial charge in [-0.25, -0.2) is 0 Å². The van der Waals surface area contributed by atoms with E-state index >= 15 is 0 Å². The summed E-state index contributed by atoms with van der Waals surface area (Å²) < 4.78 is 0. The molecule has 1 amide bonds. The van der Waals surface area contributed by atoms with E-state index in [1.807, 2.05) is 0 Å². The van der Waals surface area contributed by atoms with Gasteiger partial charge in [-0.1, -0.05) is 6.92 Å². The maximum atomic E-state index is 11.9. The Morgan fingerprint density at radius 1 is 1.44 bits per heavy atom. The monoisotopic (exact) mass is 255 g/mol. The summed E-state index contributed by atoms with van der Waals surface area (Å²) in [5, 5.41) is 6.30. The van der Waals surface area contributed by atoms with Crippen molar-refractivity contribution in [3.8, 4) is 0 Å². The molecule has 0 aromatic heterocycles. The van der Waals surface area contributed by atoms with Gasteiger partial charge in [0.2, 0.25) is 5.91 Å². The zero-order valence-corrected chi connectivity index (χ0v) is 12.3. The quantitative estimate of drug-likeness (QED) is 0.672. The molecule has 0 saturated carbocycles. The van der Waals surface area contributed by atoms with E-state index in [4.69, 9.17) is 0 Å². The lowest BCUT2D eigenvalue weighted by Gasteiger charge is -2.21. The largest absolute Gasteiger partial charge is 0.355 e. The third-order valence-electron chi connectivity index (χ3n) is 3.93. The predicted molar refractivity (Wildman–Crippen MR) is 75.6 cm³/mol. The minimum atomic E-state index is 0.0309. The SMILES string of the molecule is CC1CCNC1C(=O)NCCCCN(C)C(C)C. The van der Waals surface area contributed by atoms with Gasteiger partial charge in [-0.3, -0.25) is 4.79 Å². The van der Waals surface area contributed by atoms with Gasteiger partial charge in [0.25, 0.3) is 0 Å². The van der Waals surface area contributed by atoms with Gasteiger partial charge in [0.1, 0.15) is 0 Å². The average molecular weight is 255 g/mol. The second kappa shape index (κ2) is 7.74. The van der Waals surface area contributed by atoms with E-state index < -0.39 is 0 Å². The number of nitrogens with zero attached hydrogens (tertiary/aromatic N) is 1. The van der Waals surface area contributed by atoms with Crippen LogP contribution in [0.4, 0.5) is 0 Å². The molecule has 0 aromatic carbocycles. The predicted octanol–water partition coefficient (Wildman–Crippen LogP) is 1.22. The topological polar surface area (TPSA) is 44.4 Å². The van der Waals surface area contributed by atoms with Gasteiger partial charge in [0.05, 0.1) is 6.04 Å². The summed E-state index contributed by atoms with van der Waals surface area (Å²) >= 11 is 0. The van der Waals surface area contributed by atoms with Crippen molar-refractivity contribution >= 4 is 5.91 Å². The minimum Gasteiger partial charge on any atom is -0.355 e. The Labute approximate surface area is 111 Å². The Kier molecular flexibility index (Phi) is 6.65. The van der Waals surface area contributed by atoms with Crippen LogP contribution in [0.1, 0.15) is 40.0 Å². The number of nitrogens with one attached hydrogen (secondary N) is 2. The summed E-state index contributed by atoms with van der Waals surface area (Å²) in [6.45, 7) is 9.42. The maximum absolute atomic E-state index is 11.9. The van der Waals surface area contributed by atoms with Crippen LogP contribution in [0.3, 0.4) is 0 Å². The van der Waals surface area contributed by atoms with E-state index in [9.17, 15) is 4.79 Å². The molecule has 1 aliphatic heterocycles. The van der Waals surface area contributed by atoms with Gasteiger partial charge in [-0.05, 0) is 59.2 Å². The van der Waals surface area contributed by atoms with Crippen molar-refractivity contribution < 1.29 is 4.79 Å². The van der Waals surface area contributed by atoms with Crippen LogP contribution in [-0.4, -0.2) is 49.6 Å². The number of unbranched alkanes of at least 4 members (excludes halogenated alkanes) is 1. The molecule has 0 aliphatic carbocycles. The molecule has 0 aromatic rings. The van der Waals surface area contributed by atoms with Crippen LogP contribution < -0.4 is 10.6 Å². The van der Waals surface area contributed by atoms with Crippen LogP contribution >= 0.6 is 0 Å². The third-order valence-corrected chi connectivity index (χ3v) is 3.93. The molecule has 1 rings (SSSR count). The molecular weight excluding hydrogens is 226 g/mol. The Morgan fingerprint density at radius 3 is 2.72 bits per heavy atom. The molecule has 1 saturated heterocycles. The van der Waals surface area contributed by atoms with Crippen molar-refractivity contribution in [3.63, 3.8) is 0 Å². The highest BCUT2D eigenvalue weighted by atomic mass is 16.2. The second-order valence-electron chi connectivity index (χ2n) is 5.77. The fourth-order valence-electron chi connectivity index (χ4n) is 2.25. The molecular formula is C14H29N3O. The van der Waals surface area contributed by atoms with E-state index in [1.54, 1.807) is 0 Å². The van der Waals surface area contributed by atoms with Gasteiger partial charge in [0.15, 0.2) is 0 Å². The van der Waals surface area contributed by atoms with Crippen molar-refractivity contribution in [1.82, 2.24) is 15.5 Å². The first-order valence-corrected chi connectivity index (χ1v) is 7.23. The molecule has 4 heteroatoms. The third kappa shape index (κ3) is 4.94. The van der Waals surface area contributed by atoms with Crippen molar-refractivity contribution in [2.75, 3.05) is 26.7 Å². The van der Waals surface area contributed by atoms with Crippen molar-refractivity contribution in [3.05, 3.63) is 0 Å². The highest BCUT2D eigenvalue weighted by molar-refractivity contribution is 5.82. The zero-order valence-electron chi connectivity index (χ0n) is 12.3. The first-order chi connectivity index (χ1) is 8.52. The van der Waals surface area contributed by atoms with Crippen LogP contribution in [0.15, 0.2) is 0 Å². The summed E-state index contributed by atoms with van der Waals surface area (Å²) in [6, 6.07) is 0.631. The van der Waals surface area contributed by atoms with Gasteiger partial charge < -0.3 is 15.5 Å². The Hall–Kier alpha value is -0.610. The Morgan fingerprint density at radius 2 is 2.17 bits per heavy atom. The second-order valence-corrected chi connectivity index (χ2v) is 5.77. The average Bonchev–Trinajstić information content (AvgIpc) is 2.74.